The highest BCUT2D eigenvalue weighted by molar-refractivity contribution is 7.99. The summed E-state index contributed by atoms with van der Waals surface area (Å²) in [4.78, 5) is 0. The molecule has 19 heavy (non-hydrogen) atoms. The number of thioether (sulfide) groups is 1. The van der Waals surface area contributed by atoms with Crippen LogP contribution in [0.3, 0.4) is 0 Å². The molecule has 0 spiro atoms. The fourth-order valence-corrected chi connectivity index (χ4v) is 4.13. The SMILES string of the molecule is CCSC1CCCC1NC(C)c1c(O)cccc1O. The average molecular weight is 281 g/mol. The third kappa shape index (κ3) is 3.37. The Labute approximate surface area is 119 Å². The minimum Gasteiger partial charge on any atom is -0.507 e. The molecule has 0 saturated heterocycles. The third-order valence-electron chi connectivity index (χ3n) is 3.79. The summed E-state index contributed by atoms with van der Waals surface area (Å²) in [5.74, 6) is 1.47. The van der Waals surface area contributed by atoms with Gasteiger partial charge in [-0.15, -0.1) is 0 Å². The molecule has 0 aromatic heterocycles. The molecule has 3 atom stereocenters. The molecule has 0 bridgehead atoms. The van der Waals surface area contributed by atoms with Gasteiger partial charge in [-0.25, -0.2) is 0 Å². The van der Waals surface area contributed by atoms with E-state index in [1.807, 2.05) is 18.7 Å². The van der Waals surface area contributed by atoms with Gasteiger partial charge in [-0.2, -0.15) is 11.8 Å². The van der Waals surface area contributed by atoms with E-state index in [4.69, 9.17) is 0 Å². The number of nitrogens with one attached hydrogen (secondary N) is 1. The van der Waals surface area contributed by atoms with E-state index >= 15 is 0 Å². The van der Waals surface area contributed by atoms with Gasteiger partial charge in [-0.1, -0.05) is 19.4 Å². The highest BCUT2D eigenvalue weighted by Gasteiger charge is 2.29. The van der Waals surface area contributed by atoms with E-state index in [9.17, 15) is 10.2 Å². The molecule has 3 nitrogen and oxygen atoms in total. The summed E-state index contributed by atoms with van der Waals surface area (Å²) < 4.78 is 0. The van der Waals surface area contributed by atoms with Crippen molar-refractivity contribution in [2.24, 2.45) is 0 Å². The second-order valence-electron chi connectivity index (χ2n) is 5.13. The highest BCUT2D eigenvalue weighted by Crippen LogP contribution is 2.35. The van der Waals surface area contributed by atoms with Crippen LogP contribution in [0.4, 0.5) is 0 Å². The summed E-state index contributed by atoms with van der Waals surface area (Å²) in [6.45, 7) is 4.19. The summed E-state index contributed by atoms with van der Waals surface area (Å²) in [6.07, 6.45) is 3.70. The van der Waals surface area contributed by atoms with Gasteiger partial charge in [0.15, 0.2) is 0 Å². The molecule has 3 N–H and O–H groups in total. The zero-order chi connectivity index (χ0) is 13.8. The maximum Gasteiger partial charge on any atom is 0.124 e. The van der Waals surface area contributed by atoms with E-state index in [0.717, 1.165) is 5.75 Å². The van der Waals surface area contributed by atoms with Gasteiger partial charge >= 0.3 is 0 Å². The second-order valence-corrected chi connectivity index (χ2v) is 6.65. The fraction of sp³-hybridized carbons (Fsp3) is 0.600. The predicted molar refractivity (Wildman–Crippen MR) is 80.9 cm³/mol. The third-order valence-corrected chi connectivity index (χ3v) is 5.12. The molecule has 1 aromatic rings. The summed E-state index contributed by atoms with van der Waals surface area (Å²) in [5.41, 5.74) is 0.606. The molecular formula is C15H23NO2S. The highest BCUT2D eigenvalue weighted by atomic mass is 32.2. The fourth-order valence-electron chi connectivity index (χ4n) is 2.92. The van der Waals surface area contributed by atoms with Crippen molar-refractivity contribution in [3.63, 3.8) is 0 Å². The van der Waals surface area contributed by atoms with Crippen LogP contribution in [0.5, 0.6) is 11.5 Å². The zero-order valence-electron chi connectivity index (χ0n) is 11.6. The predicted octanol–water partition coefficient (Wildman–Crippen LogP) is 3.42. The van der Waals surface area contributed by atoms with Crippen LogP contribution in [-0.4, -0.2) is 27.3 Å². The van der Waals surface area contributed by atoms with Gasteiger partial charge in [0, 0.05) is 17.3 Å². The molecule has 106 valence electrons. The number of hydrogen-bond acceptors (Lipinski definition) is 4. The minimum absolute atomic E-state index is 0.0377. The average Bonchev–Trinajstić information content (AvgIpc) is 2.77. The Kier molecular flexibility index (Phi) is 4.99. The Hall–Kier alpha value is -0.870. The van der Waals surface area contributed by atoms with Crippen LogP contribution in [0, 0.1) is 0 Å². The Balaban J connectivity index is 2.06. The molecule has 1 aliphatic carbocycles. The lowest BCUT2D eigenvalue weighted by atomic mass is 10.0. The van der Waals surface area contributed by atoms with Crippen LogP contribution in [0.1, 0.15) is 44.7 Å². The number of hydrogen-bond donors (Lipinski definition) is 3. The van der Waals surface area contributed by atoms with Gasteiger partial charge in [0.25, 0.3) is 0 Å². The van der Waals surface area contributed by atoms with Crippen molar-refractivity contribution in [2.45, 2.75) is 50.4 Å². The Morgan fingerprint density at radius 1 is 1.32 bits per heavy atom. The smallest absolute Gasteiger partial charge is 0.124 e. The summed E-state index contributed by atoms with van der Waals surface area (Å²) >= 11 is 2.01. The molecule has 0 aliphatic heterocycles. The number of phenolic OH excluding ortho intramolecular Hbond substituents is 2. The van der Waals surface area contributed by atoms with Gasteiger partial charge in [0.2, 0.25) is 0 Å². The van der Waals surface area contributed by atoms with Gasteiger partial charge in [0.05, 0.1) is 5.56 Å². The van der Waals surface area contributed by atoms with E-state index in [-0.39, 0.29) is 17.5 Å². The molecule has 2 rings (SSSR count). The summed E-state index contributed by atoms with van der Waals surface area (Å²) in [5, 5.41) is 24.0. The number of benzene rings is 1. The van der Waals surface area contributed by atoms with Crippen molar-refractivity contribution in [1.29, 1.82) is 0 Å². The van der Waals surface area contributed by atoms with Crippen LogP contribution < -0.4 is 5.32 Å². The molecule has 1 saturated carbocycles. The molecule has 0 amide bonds. The standard InChI is InChI=1S/C15H23NO2S/c1-3-19-14-9-4-6-11(14)16-10(2)15-12(17)7-5-8-13(15)18/h5,7-8,10-11,14,16-18H,3-4,6,9H2,1-2H3. The molecule has 1 fully saturated rings. The summed E-state index contributed by atoms with van der Waals surface area (Å²) in [6, 6.07) is 5.34. The Bertz CT molecular complexity index is 404. The van der Waals surface area contributed by atoms with Crippen molar-refractivity contribution >= 4 is 11.8 Å². The van der Waals surface area contributed by atoms with Crippen LogP contribution in [0.15, 0.2) is 18.2 Å². The van der Waals surface area contributed by atoms with Crippen molar-refractivity contribution in [2.75, 3.05) is 5.75 Å². The largest absolute Gasteiger partial charge is 0.507 e. The first-order valence-corrected chi connectivity index (χ1v) is 8.06. The van der Waals surface area contributed by atoms with E-state index in [1.54, 1.807) is 18.2 Å². The van der Waals surface area contributed by atoms with Gasteiger partial charge in [0.1, 0.15) is 11.5 Å². The Morgan fingerprint density at radius 3 is 2.63 bits per heavy atom. The van der Waals surface area contributed by atoms with E-state index in [1.165, 1.54) is 19.3 Å². The number of phenols is 2. The molecule has 3 unspecified atom stereocenters. The van der Waals surface area contributed by atoms with Crippen LogP contribution in [-0.2, 0) is 0 Å². The van der Waals surface area contributed by atoms with Gasteiger partial charge in [-0.3, -0.25) is 0 Å². The minimum atomic E-state index is -0.0377. The monoisotopic (exact) mass is 281 g/mol. The first kappa shape index (κ1) is 14.5. The van der Waals surface area contributed by atoms with Crippen molar-refractivity contribution < 1.29 is 10.2 Å². The van der Waals surface area contributed by atoms with E-state index in [2.05, 4.69) is 12.2 Å². The first-order chi connectivity index (χ1) is 9.13. The van der Waals surface area contributed by atoms with Crippen molar-refractivity contribution in [3.8, 4) is 11.5 Å². The normalized spacial score (nSPS) is 24.5. The molecule has 0 heterocycles. The Morgan fingerprint density at radius 2 is 2.00 bits per heavy atom. The van der Waals surface area contributed by atoms with Crippen molar-refractivity contribution in [1.82, 2.24) is 5.32 Å². The molecular weight excluding hydrogens is 258 g/mol. The maximum atomic E-state index is 9.90. The topological polar surface area (TPSA) is 52.5 Å². The molecule has 1 aromatic carbocycles. The zero-order valence-corrected chi connectivity index (χ0v) is 12.4. The van der Waals surface area contributed by atoms with Crippen LogP contribution in [0.2, 0.25) is 0 Å². The quantitative estimate of drug-likeness (QED) is 0.774. The lowest BCUT2D eigenvalue weighted by Gasteiger charge is -2.25. The van der Waals surface area contributed by atoms with E-state index < -0.39 is 0 Å². The van der Waals surface area contributed by atoms with Gasteiger partial charge in [-0.05, 0) is 37.7 Å². The number of aromatic hydroxyl groups is 2. The lowest BCUT2D eigenvalue weighted by molar-refractivity contribution is 0.401. The lowest BCUT2D eigenvalue weighted by Crippen LogP contribution is -2.36. The summed E-state index contributed by atoms with van der Waals surface area (Å²) in [7, 11) is 0. The van der Waals surface area contributed by atoms with Crippen molar-refractivity contribution in [3.05, 3.63) is 23.8 Å². The second kappa shape index (κ2) is 6.53. The van der Waals surface area contributed by atoms with E-state index in [0.29, 0.717) is 16.9 Å². The van der Waals surface area contributed by atoms with Gasteiger partial charge < -0.3 is 15.5 Å². The molecule has 4 heteroatoms. The van der Waals surface area contributed by atoms with Crippen LogP contribution >= 0.6 is 11.8 Å². The maximum absolute atomic E-state index is 9.90. The molecule has 1 aliphatic rings. The van der Waals surface area contributed by atoms with Crippen LogP contribution in [0.25, 0.3) is 0 Å². The number of rotatable bonds is 5. The molecule has 0 radical (unpaired) electrons. The first-order valence-electron chi connectivity index (χ1n) is 7.02.